The molecule has 0 spiro atoms. The Labute approximate surface area is 123 Å². The first-order valence-corrected chi connectivity index (χ1v) is 6.93. The van der Waals surface area contributed by atoms with Gasteiger partial charge in [-0.05, 0) is 28.8 Å². The Morgan fingerprint density at radius 3 is 2.90 bits per heavy atom. The van der Waals surface area contributed by atoms with E-state index >= 15 is 0 Å². The minimum absolute atomic E-state index is 0.0747. The van der Waals surface area contributed by atoms with Crippen molar-refractivity contribution >= 4 is 29.0 Å². The molecule has 3 heterocycles. The average molecular weight is 305 g/mol. The van der Waals surface area contributed by atoms with Gasteiger partial charge in [-0.1, -0.05) is 11.2 Å². The van der Waals surface area contributed by atoms with Crippen LogP contribution in [0.5, 0.6) is 0 Å². The second-order valence-corrected chi connectivity index (χ2v) is 5.31. The highest BCUT2D eigenvalue weighted by atomic mass is 32.1. The largest absolute Gasteiger partial charge is 0.464 e. The number of ether oxygens (including phenoxy) is 1. The Hall–Kier alpha value is -2.55. The molecule has 1 aliphatic heterocycles. The number of anilines is 1. The predicted molar refractivity (Wildman–Crippen MR) is 73.6 cm³/mol. The molecule has 1 aliphatic rings. The number of Topliss-reactive ketones (excluding diaryl/α,β-unsaturated/α-hetero) is 1. The number of rotatable bonds is 3. The number of carbonyl (C=O) groups is 2. The molecule has 0 aliphatic carbocycles. The molecular formula is C12H11N5O3S. The summed E-state index contributed by atoms with van der Waals surface area (Å²) in [6.07, 6.45) is 0. The number of fused-ring (bicyclic) bond motifs is 1. The maximum absolute atomic E-state index is 12.1. The molecule has 0 fully saturated rings. The number of carbonyl (C=O) groups excluding carboxylic acids is 2. The van der Waals surface area contributed by atoms with Gasteiger partial charge in [-0.3, -0.25) is 4.79 Å². The molecule has 0 unspecified atom stereocenters. The van der Waals surface area contributed by atoms with Gasteiger partial charge in [0.2, 0.25) is 5.95 Å². The number of aromatic nitrogens is 4. The van der Waals surface area contributed by atoms with Gasteiger partial charge < -0.3 is 10.1 Å². The minimum atomic E-state index is -0.629. The molecule has 0 aromatic carbocycles. The maximum atomic E-state index is 12.1. The Balaban J connectivity index is 2.24. The number of nitrogens with zero attached hydrogens (tertiary/aromatic N) is 4. The Bertz CT molecular complexity index is 734. The van der Waals surface area contributed by atoms with Gasteiger partial charge in [0.1, 0.15) is 11.7 Å². The van der Waals surface area contributed by atoms with Crippen LogP contribution in [0.4, 0.5) is 5.95 Å². The van der Waals surface area contributed by atoms with E-state index < -0.39 is 12.0 Å². The van der Waals surface area contributed by atoms with Gasteiger partial charge in [0.15, 0.2) is 5.78 Å². The molecule has 9 heteroatoms. The maximum Gasteiger partial charge on any atom is 0.355 e. The van der Waals surface area contributed by atoms with Gasteiger partial charge in [-0.25, -0.2) is 4.79 Å². The van der Waals surface area contributed by atoms with E-state index in [-0.39, 0.29) is 17.1 Å². The quantitative estimate of drug-likeness (QED) is 0.836. The summed E-state index contributed by atoms with van der Waals surface area (Å²) in [5, 5.41) is 16.0. The van der Waals surface area contributed by atoms with E-state index in [2.05, 4.69) is 20.8 Å². The monoisotopic (exact) mass is 305 g/mol. The summed E-state index contributed by atoms with van der Waals surface area (Å²) in [5.41, 5.74) is 0.356. The minimum Gasteiger partial charge on any atom is -0.464 e. The normalized spacial score (nSPS) is 17.1. The molecular weight excluding hydrogens is 294 g/mol. The van der Waals surface area contributed by atoms with Crippen molar-refractivity contribution in [2.45, 2.75) is 13.0 Å². The summed E-state index contributed by atoms with van der Waals surface area (Å²) in [6.45, 7) is 1.40. The topological polar surface area (TPSA) is 99.0 Å². The van der Waals surface area contributed by atoms with E-state index in [0.29, 0.717) is 5.95 Å². The zero-order valence-corrected chi connectivity index (χ0v) is 12.0. The number of ketones is 1. The van der Waals surface area contributed by atoms with Crippen molar-refractivity contribution in [2.75, 3.05) is 12.4 Å². The lowest BCUT2D eigenvalue weighted by Crippen LogP contribution is -2.31. The smallest absolute Gasteiger partial charge is 0.355 e. The molecule has 0 saturated heterocycles. The number of nitrogens with one attached hydrogen (secondary N) is 1. The standard InChI is InChI=1S/C12H11N5O3S/c1-6(18)8-9(11(19)20-2)13-12-14-15-16-17(12)10(8)7-4-3-5-21-7/h3-5,10H,1-2H3,(H,13,14,16)/t10-/m0/s1. The lowest BCUT2D eigenvalue weighted by Gasteiger charge is -2.26. The van der Waals surface area contributed by atoms with Crippen LogP contribution >= 0.6 is 11.3 Å². The van der Waals surface area contributed by atoms with Crippen molar-refractivity contribution in [3.8, 4) is 0 Å². The van der Waals surface area contributed by atoms with Crippen LogP contribution in [0.25, 0.3) is 0 Å². The number of tetrazole rings is 1. The van der Waals surface area contributed by atoms with E-state index in [1.54, 1.807) is 0 Å². The summed E-state index contributed by atoms with van der Waals surface area (Å²) in [7, 11) is 1.26. The van der Waals surface area contributed by atoms with Crippen LogP contribution in [0.2, 0.25) is 0 Å². The van der Waals surface area contributed by atoms with Crippen molar-refractivity contribution in [2.24, 2.45) is 0 Å². The van der Waals surface area contributed by atoms with Gasteiger partial charge >= 0.3 is 5.97 Å². The molecule has 0 bridgehead atoms. The zero-order valence-electron chi connectivity index (χ0n) is 11.2. The molecule has 2 aromatic rings. The summed E-state index contributed by atoms with van der Waals surface area (Å²) >= 11 is 1.46. The fraction of sp³-hybridized carbons (Fsp3) is 0.250. The second-order valence-electron chi connectivity index (χ2n) is 4.33. The zero-order chi connectivity index (χ0) is 15.0. The summed E-state index contributed by atoms with van der Waals surface area (Å²) < 4.78 is 6.22. The molecule has 0 amide bonds. The van der Waals surface area contributed by atoms with Gasteiger partial charge in [0.05, 0.1) is 12.7 Å². The molecule has 2 aromatic heterocycles. The van der Waals surface area contributed by atoms with Gasteiger partial charge in [-0.2, -0.15) is 4.68 Å². The number of allylic oxidation sites excluding steroid dienone is 1. The van der Waals surface area contributed by atoms with Gasteiger partial charge in [-0.15, -0.1) is 11.3 Å². The molecule has 21 heavy (non-hydrogen) atoms. The van der Waals surface area contributed by atoms with Crippen LogP contribution < -0.4 is 5.32 Å². The Morgan fingerprint density at radius 2 is 2.29 bits per heavy atom. The fourth-order valence-electron chi connectivity index (χ4n) is 2.23. The van der Waals surface area contributed by atoms with Crippen LogP contribution in [0.15, 0.2) is 28.8 Å². The van der Waals surface area contributed by atoms with E-state index in [0.717, 1.165) is 4.88 Å². The lowest BCUT2D eigenvalue weighted by atomic mass is 9.98. The highest BCUT2D eigenvalue weighted by molar-refractivity contribution is 7.10. The SMILES string of the molecule is COC(=O)C1=C(C(C)=O)[C@H](c2cccs2)n2nnnc2N1. The summed E-state index contributed by atoms with van der Waals surface area (Å²) in [5.74, 6) is -0.586. The lowest BCUT2D eigenvalue weighted by molar-refractivity contribution is -0.136. The molecule has 0 radical (unpaired) electrons. The van der Waals surface area contributed by atoms with Crippen molar-refractivity contribution in [3.63, 3.8) is 0 Å². The van der Waals surface area contributed by atoms with Crippen LogP contribution in [0.1, 0.15) is 17.8 Å². The first-order valence-electron chi connectivity index (χ1n) is 6.05. The van der Waals surface area contributed by atoms with Gasteiger partial charge in [0.25, 0.3) is 0 Å². The highest BCUT2D eigenvalue weighted by Gasteiger charge is 2.37. The summed E-state index contributed by atoms with van der Waals surface area (Å²) in [6, 6.07) is 3.19. The fourth-order valence-corrected chi connectivity index (χ4v) is 3.05. The average Bonchev–Trinajstić information content (AvgIpc) is 3.14. The number of esters is 1. The third-order valence-corrected chi connectivity index (χ3v) is 4.02. The Kier molecular flexibility index (Phi) is 3.26. The van der Waals surface area contributed by atoms with Crippen molar-refractivity contribution in [3.05, 3.63) is 33.7 Å². The molecule has 0 saturated carbocycles. The Morgan fingerprint density at radius 1 is 1.48 bits per heavy atom. The number of hydrogen-bond acceptors (Lipinski definition) is 8. The van der Waals surface area contributed by atoms with Crippen LogP contribution in [-0.2, 0) is 14.3 Å². The van der Waals surface area contributed by atoms with E-state index in [1.165, 1.54) is 30.1 Å². The highest BCUT2D eigenvalue weighted by Crippen LogP contribution is 2.36. The van der Waals surface area contributed by atoms with Crippen molar-refractivity contribution < 1.29 is 14.3 Å². The first-order chi connectivity index (χ1) is 10.1. The van der Waals surface area contributed by atoms with Crippen molar-refractivity contribution in [1.82, 2.24) is 20.2 Å². The van der Waals surface area contributed by atoms with Crippen LogP contribution in [-0.4, -0.2) is 39.1 Å². The summed E-state index contributed by atoms with van der Waals surface area (Å²) in [4.78, 5) is 24.9. The molecule has 108 valence electrons. The number of thiophene rings is 1. The van der Waals surface area contributed by atoms with E-state index in [9.17, 15) is 9.59 Å². The van der Waals surface area contributed by atoms with Crippen LogP contribution in [0.3, 0.4) is 0 Å². The third kappa shape index (κ3) is 2.11. The van der Waals surface area contributed by atoms with Gasteiger partial charge in [0, 0.05) is 4.88 Å². The van der Waals surface area contributed by atoms with Crippen molar-refractivity contribution in [1.29, 1.82) is 0 Å². The van der Waals surface area contributed by atoms with E-state index in [1.807, 2.05) is 17.5 Å². The number of methoxy groups -OCH3 is 1. The predicted octanol–water partition coefficient (Wildman–Crippen LogP) is 0.766. The first kappa shape index (κ1) is 13.4. The molecule has 1 atom stereocenters. The number of hydrogen-bond donors (Lipinski definition) is 1. The molecule has 3 rings (SSSR count). The van der Waals surface area contributed by atoms with E-state index in [4.69, 9.17) is 4.74 Å². The molecule has 8 nitrogen and oxygen atoms in total. The van der Waals surface area contributed by atoms with Crippen LogP contribution in [0, 0.1) is 0 Å². The molecule has 1 N–H and O–H groups in total. The third-order valence-electron chi connectivity index (χ3n) is 3.10. The second kappa shape index (κ2) is 5.09.